The van der Waals surface area contributed by atoms with Crippen LogP contribution in [-0.4, -0.2) is 61.0 Å². The zero-order valence-electron chi connectivity index (χ0n) is 11.2. The van der Waals surface area contributed by atoms with Gasteiger partial charge >= 0.3 is 0 Å². The molecule has 0 aliphatic carbocycles. The van der Waals surface area contributed by atoms with Gasteiger partial charge in [-0.15, -0.1) is 11.3 Å². The van der Waals surface area contributed by atoms with E-state index in [1.54, 1.807) is 11.3 Å². The minimum absolute atomic E-state index is 0.284. The fourth-order valence-electron chi connectivity index (χ4n) is 2.96. The summed E-state index contributed by atoms with van der Waals surface area (Å²) in [4.78, 5) is 17.9. The monoisotopic (exact) mass is 279 g/mol. The second-order valence-corrected chi connectivity index (χ2v) is 6.35. The number of carbonyl (C=O) groups is 1. The molecule has 2 saturated heterocycles. The second kappa shape index (κ2) is 6.03. The van der Waals surface area contributed by atoms with Crippen LogP contribution in [0, 0.1) is 0 Å². The molecule has 5 heteroatoms. The van der Waals surface area contributed by atoms with Crippen LogP contribution < -0.4 is 5.32 Å². The van der Waals surface area contributed by atoms with Gasteiger partial charge in [0.25, 0.3) is 0 Å². The molecule has 104 valence electrons. The highest BCUT2D eigenvalue weighted by molar-refractivity contribution is 7.10. The second-order valence-electron chi connectivity index (χ2n) is 5.32. The minimum atomic E-state index is 0.284. The van der Waals surface area contributed by atoms with Gasteiger partial charge in [0.15, 0.2) is 0 Å². The van der Waals surface area contributed by atoms with E-state index < -0.39 is 0 Å². The van der Waals surface area contributed by atoms with Gasteiger partial charge in [0.05, 0.1) is 6.42 Å². The van der Waals surface area contributed by atoms with E-state index in [-0.39, 0.29) is 5.91 Å². The van der Waals surface area contributed by atoms with Crippen molar-refractivity contribution in [2.75, 3.05) is 39.3 Å². The third kappa shape index (κ3) is 3.16. The molecule has 0 radical (unpaired) electrons. The number of hydrogen-bond donors (Lipinski definition) is 1. The smallest absolute Gasteiger partial charge is 0.227 e. The lowest BCUT2D eigenvalue weighted by Gasteiger charge is -2.37. The van der Waals surface area contributed by atoms with E-state index in [0.717, 1.165) is 39.3 Å². The van der Waals surface area contributed by atoms with E-state index in [1.165, 1.54) is 11.3 Å². The molecule has 0 spiro atoms. The summed E-state index contributed by atoms with van der Waals surface area (Å²) >= 11 is 1.67. The van der Waals surface area contributed by atoms with Gasteiger partial charge in [0, 0.05) is 43.6 Å². The first kappa shape index (κ1) is 13.1. The summed E-state index contributed by atoms with van der Waals surface area (Å²) < 4.78 is 0. The van der Waals surface area contributed by atoms with Crippen molar-refractivity contribution in [1.29, 1.82) is 0 Å². The third-order valence-electron chi connectivity index (χ3n) is 4.12. The zero-order chi connectivity index (χ0) is 13.1. The Labute approximate surface area is 118 Å². The molecular formula is C14H21N3OS. The summed E-state index contributed by atoms with van der Waals surface area (Å²) in [6.07, 6.45) is 1.83. The van der Waals surface area contributed by atoms with E-state index >= 15 is 0 Å². The highest BCUT2D eigenvalue weighted by atomic mass is 32.1. The number of rotatable bonds is 3. The van der Waals surface area contributed by atoms with Crippen molar-refractivity contribution in [3.63, 3.8) is 0 Å². The van der Waals surface area contributed by atoms with Crippen LogP contribution in [0.3, 0.4) is 0 Å². The number of thiophene rings is 1. The van der Waals surface area contributed by atoms with Crippen LogP contribution in [0.15, 0.2) is 17.5 Å². The van der Waals surface area contributed by atoms with Crippen LogP contribution in [0.2, 0.25) is 0 Å². The number of nitrogens with zero attached hydrogens (tertiary/aromatic N) is 2. The molecule has 0 bridgehead atoms. The van der Waals surface area contributed by atoms with Crippen molar-refractivity contribution >= 4 is 17.2 Å². The first-order valence-corrected chi connectivity index (χ1v) is 7.96. The van der Waals surface area contributed by atoms with Crippen molar-refractivity contribution in [2.45, 2.75) is 18.9 Å². The first-order chi connectivity index (χ1) is 9.33. The Hall–Kier alpha value is -0.910. The Kier molecular flexibility index (Phi) is 4.15. The van der Waals surface area contributed by atoms with Crippen molar-refractivity contribution in [2.24, 2.45) is 0 Å². The third-order valence-corrected chi connectivity index (χ3v) is 5.00. The number of nitrogens with one attached hydrogen (secondary N) is 1. The van der Waals surface area contributed by atoms with E-state index in [0.29, 0.717) is 12.5 Å². The average molecular weight is 279 g/mol. The maximum Gasteiger partial charge on any atom is 0.227 e. The van der Waals surface area contributed by atoms with Crippen molar-refractivity contribution < 1.29 is 4.79 Å². The molecule has 4 nitrogen and oxygen atoms in total. The number of amides is 1. The molecule has 3 rings (SSSR count). The molecule has 19 heavy (non-hydrogen) atoms. The summed E-state index contributed by atoms with van der Waals surface area (Å²) in [7, 11) is 0. The van der Waals surface area contributed by atoms with Crippen molar-refractivity contribution in [3.8, 4) is 0 Å². The minimum Gasteiger partial charge on any atom is -0.340 e. The molecule has 3 heterocycles. The lowest BCUT2D eigenvalue weighted by Crippen LogP contribution is -2.52. The van der Waals surface area contributed by atoms with Crippen LogP contribution in [-0.2, 0) is 11.2 Å². The quantitative estimate of drug-likeness (QED) is 0.889. The summed E-state index contributed by atoms with van der Waals surface area (Å²) in [5.74, 6) is 0.284. The molecule has 1 atom stereocenters. The molecule has 1 N–H and O–H groups in total. The summed E-state index contributed by atoms with van der Waals surface area (Å²) in [5.41, 5.74) is 0. The highest BCUT2D eigenvalue weighted by Crippen LogP contribution is 2.14. The van der Waals surface area contributed by atoms with Crippen LogP contribution in [0.1, 0.15) is 11.3 Å². The fourth-order valence-corrected chi connectivity index (χ4v) is 3.66. The van der Waals surface area contributed by atoms with Crippen molar-refractivity contribution in [1.82, 2.24) is 15.1 Å². The number of piperazine rings is 1. The van der Waals surface area contributed by atoms with E-state index in [1.807, 2.05) is 22.4 Å². The van der Waals surface area contributed by atoms with Gasteiger partial charge in [0.1, 0.15) is 0 Å². The SMILES string of the molecule is O=C(Cc1cccs1)N1CCN(C2CCNC2)CC1. The Morgan fingerprint density at radius 1 is 1.37 bits per heavy atom. The molecule has 2 aliphatic rings. The van der Waals surface area contributed by atoms with Gasteiger partial charge in [-0.05, 0) is 24.4 Å². The fraction of sp³-hybridized carbons (Fsp3) is 0.643. The van der Waals surface area contributed by atoms with Gasteiger partial charge in [-0.2, -0.15) is 0 Å². The van der Waals surface area contributed by atoms with E-state index in [2.05, 4.69) is 10.2 Å². The molecule has 2 fully saturated rings. The normalized spacial score (nSPS) is 24.8. The van der Waals surface area contributed by atoms with Gasteiger partial charge in [-0.25, -0.2) is 0 Å². The average Bonchev–Trinajstić information content (AvgIpc) is 3.12. The predicted octanol–water partition coefficient (Wildman–Crippen LogP) is 0.797. The van der Waals surface area contributed by atoms with Gasteiger partial charge in [-0.1, -0.05) is 6.07 Å². The maximum absolute atomic E-state index is 12.2. The largest absolute Gasteiger partial charge is 0.340 e. The molecule has 1 unspecified atom stereocenters. The predicted molar refractivity (Wildman–Crippen MR) is 77.5 cm³/mol. The molecule has 1 aromatic heterocycles. The Balaban J connectivity index is 1.48. The van der Waals surface area contributed by atoms with E-state index in [4.69, 9.17) is 0 Å². The van der Waals surface area contributed by atoms with Crippen LogP contribution in [0.5, 0.6) is 0 Å². The summed E-state index contributed by atoms with van der Waals surface area (Å²) in [5, 5.41) is 5.45. The van der Waals surface area contributed by atoms with Crippen LogP contribution in [0.4, 0.5) is 0 Å². The molecule has 1 aromatic rings. The zero-order valence-corrected chi connectivity index (χ0v) is 12.0. The lowest BCUT2D eigenvalue weighted by atomic mass is 10.2. The summed E-state index contributed by atoms with van der Waals surface area (Å²) in [6, 6.07) is 4.75. The van der Waals surface area contributed by atoms with Gasteiger partial charge in [-0.3, -0.25) is 9.69 Å². The molecule has 2 aliphatic heterocycles. The molecule has 0 saturated carbocycles. The van der Waals surface area contributed by atoms with Gasteiger partial charge in [0.2, 0.25) is 5.91 Å². The Morgan fingerprint density at radius 3 is 2.84 bits per heavy atom. The Morgan fingerprint density at radius 2 is 2.21 bits per heavy atom. The maximum atomic E-state index is 12.2. The van der Waals surface area contributed by atoms with Crippen LogP contribution >= 0.6 is 11.3 Å². The van der Waals surface area contributed by atoms with Gasteiger partial charge < -0.3 is 10.2 Å². The number of carbonyl (C=O) groups excluding carboxylic acids is 1. The van der Waals surface area contributed by atoms with E-state index in [9.17, 15) is 4.79 Å². The lowest BCUT2D eigenvalue weighted by molar-refractivity contribution is -0.132. The Bertz CT molecular complexity index is 406. The molecular weight excluding hydrogens is 258 g/mol. The summed E-state index contributed by atoms with van der Waals surface area (Å²) in [6.45, 7) is 6.10. The topological polar surface area (TPSA) is 35.6 Å². The molecule has 1 amide bonds. The van der Waals surface area contributed by atoms with Crippen LogP contribution in [0.25, 0.3) is 0 Å². The number of hydrogen-bond acceptors (Lipinski definition) is 4. The first-order valence-electron chi connectivity index (χ1n) is 7.08. The highest BCUT2D eigenvalue weighted by Gasteiger charge is 2.27. The standard InChI is InChI=1S/C14H21N3OS/c18-14(10-13-2-1-9-19-13)17-7-5-16(6-8-17)12-3-4-15-11-12/h1-2,9,12,15H,3-8,10-11H2. The van der Waals surface area contributed by atoms with Crippen molar-refractivity contribution in [3.05, 3.63) is 22.4 Å². The molecule has 0 aromatic carbocycles.